The lowest BCUT2D eigenvalue weighted by Gasteiger charge is -2.24. The molecule has 0 aromatic rings. The number of esters is 1. The molecule has 3 N–H and O–H groups in total. The number of hydrogen-bond acceptors (Lipinski definition) is 7. The van der Waals surface area contributed by atoms with Crippen molar-refractivity contribution < 1.29 is 33.5 Å². The summed E-state index contributed by atoms with van der Waals surface area (Å²) in [5.74, 6) is -1.96. The van der Waals surface area contributed by atoms with Crippen molar-refractivity contribution in [2.75, 3.05) is 6.61 Å². The zero-order chi connectivity index (χ0) is 23.5. The third-order valence-corrected chi connectivity index (χ3v) is 3.32. The molecule has 0 aromatic heterocycles. The van der Waals surface area contributed by atoms with Crippen LogP contribution in [0.2, 0.25) is 0 Å². The maximum Gasteiger partial charge on any atom is 0.408 e. The van der Waals surface area contributed by atoms with Crippen LogP contribution in [0.15, 0.2) is 0 Å². The van der Waals surface area contributed by atoms with Gasteiger partial charge in [-0.15, -0.1) is 0 Å². The normalized spacial score (nSPS) is 13.6. The Kier molecular flexibility index (Phi) is 11.4. The summed E-state index contributed by atoms with van der Waals surface area (Å²) in [7, 11) is 0. The van der Waals surface area contributed by atoms with Gasteiger partial charge in [0.1, 0.15) is 17.7 Å². The van der Waals surface area contributed by atoms with E-state index in [-0.39, 0.29) is 6.61 Å². The number of hydroxylamine groups is 1. The highest BCUT2D eigenvalue weighted by molar-refractivity contribution is 5.93. The number of unbranched alkanes of at least 4 members (excludes halogenated alkanes) is 1. The summed E-state index contributed by atoms with van der Waals surface area (Å²) in [6.45, 7) is 13.9. The summed E-state index contributed by atoms with van der Waals surface area (Å²) < 4.78 is 10.2. The predicted octanol–water partition coefficient (Wildman–Crippen LogP) is 1.96. The van der Waals surface area contributed by atoms with Gasteiger partial charge >= 0.3 is 12.1 Å². The molecule has 0 heterocycles. The first-order chi connectivity index (χ1) is 13.6. The second-order valence-electron chi connectivity index (χ2n) is 8.89. The van der Waals surface area contributed by atoms with Gasteiger partial charge in [0.15, 0.2) is 0 Å². The van der Waals surface area contributed by atoms with E-state index in [4.69, 9.17) is 14.3 Å². The third kappa shape index (κ3) is 13.8. The van der Waals surface area contributed by atoms with Gasteiger partial charge in [-0.25, -0.2) is 15.1 Å². The molecule has 10 heteroatoms. The SMILES string of the molecule is CCCCOC(=O)[C@H](C)NC(=O)[C@H](CC(=O)NOC(C)(C)C)NC(=O)OC(C)(C)C. The van der Waals surface area contributed by atoms with Crippen LogP contribution in [0.25, 0.3) is 0 Å². The number of alkyl carbamates (subject to hydrolysis) is 1. The van der Waals surface area contributed by atoms with E-state index in [1.165, 1.54) is 6.92 Å². The summed E-state index contributed by atoms with van der Waals surface area (Å²) in [5, 5.41) is 4.80. The highest BCUT2D eigenvalue weighted by Crippen LogP contribution is 2.08. The van der Waals surface area contributed by atoms with E-state index in [9.17, 15) is 19.2 Å². The number of carbonyl (C=O) groups excluding carboxylic acids is 4. The van der Waals surface area contributed by atoms with Gasteiger partial charge in [0.05, 0.1) is 18.6 Å². The zero-order valence-electron chi connectivity index (χ0n) is 19.3. The number of rotatable bonds is 10. The van der Waals surface area contributed by atoms with Gasteiger partial charge in [-0.3, -0.25) is 14.4 Å². The Labute approximate surface area is 178 Å². The van der Waals surface area contributed by atoms with E-state index >= 15 is 0 Å². The molecular formula is C20H37N3O7. The van der Waals surface area contributed by atoms with Crippen LogP contribution in [0, 0.1) is 0 Å². The largest absolute Gasteiger partial charge is 0.464 e. The van der Waals surface area contributed by atoms with Crippen molar-refractivity contribution in [1.82, 2.24) is 16.1 Å². The Hall–Kier alpha value is -2.36. The van der Waals surface area contributed by atoms with Gasteiger partial charge in [-0.05, 0) is 54.9 Å². The molecule has 30 heavy (non-hydrogen) atoms. The highest BCUT2D eigenvalue weighted by Gasteiger charge is 2.29. The topological polar surface area (TPSA) is 132 Å². The fourth-order valence-corrected chi connectivity index (χ4v) is 1.91. The summed E-state index contributed by atoms with van der Waals surface area (Å²) in [6, 6.07) is -2.24. The van der Waals surface area contributed by atoms with E-state index in [0.29, 0.717) is 6.42 Å². The first-order valence-corrected chi connectivity index (χ1v) is 10.1. The van der Waals surface area contributed by atoms with Gasteiger partial charge < -0.3 is 20.1 Å². The minimum absolute atomic E-state index is 0.252. The Bertz CT molecular complexity index is 594. The molecule has 3 amide bonds. The lowest BCUT2D eigenvalue weighted by molar-refractivity contribution is -0.148. The highest BCUT2D eigenvalue weighted by atomic mass is 16.7. The summed E-state index contributed by atoms with van der Waals surface area (Å²) in [5.41, 5.74) is 0.808. The lowest BCUT2D eigenvalue weighted by Crippen LogP contribution is -2.53. The lowest BCUT2D eigenvalue weighted by atomic mass is 10.1. The van der Waals surface area contributed by atoms with Crippen molar-refractivity contribution in [3.63, 3.8) is 0 Å². The van der Waals surface area contributed by atoms with Gasteiger partial charge in [0.25, 0.3) is 0 Å². The molecule has 0 aliphatic carbocycles. The zero-order valence-corrected chi connectivity index (χ0v) is 19.3. The Morgan fingerprint density at radius 2 is 1.53 bits per heavy atom. The van der Waals surface area contributed by atoms with Crippen molar-refractivity contribution in [2.24, 2.45) is 0 Å². The van der Waals surface area contributed by atoms with Crippen LogP contribution in [0.5, 0.6) is 0 Å². The maximum absolute atomic E-state index is 12.6. The number of amides is 3. The van der Waals surface area contributed by atoms with Gasteiger partial charge in [0, 0.05) is 0 Å². The van der Waals surface area contributed by atoms with Gasteiger partial charge in [-0.1, -0.05) is 13.3 Å². The molecule has 0 spiro atoms. The predicted molar refractivity (Wildman–Crippen MR) is 110 cm³/mol. The fraction of sp³-hybridized carbons (Fsp3) is 0.800. The van der Waals surface area contributed by atoms with E-state index in [1.807, 2.05) is 6.92 Å². The van der Waals surface area contributed by atoms with Crippen LogP contribution in [0.1, 0.15) is 74.7 Å². The van der Waals surface area contributed by atoms with Crippen LogP contribution in [0.3, 0.4) is 0 Å². The van der Waals surface area contributed by atoms with Crippen molar-refractivity contribution in [2.45, 2.75) is 97.9 Å². The molecule has 0 rings (SSSR count). The number of ether oxygens (including phenoxy) is 2. The number of carbonyl (C=O) groups is 4. The van der Waals surface area contributed by atoms with Crippen LogP contribution < -0.4 is 16.1 Å². The molecule has 0 saturated heterocycles. The Balaban J connectivity index is 5.07. The molecule has 0 aromatic carbocycles. The average molecular weight is 432 g/mol. The molecule has 0 radical (unpaired) electrons. The van der Waals surface area contributed by atoms with Gasteiger partial charge in [-0.2, -0.15) is 0 Å². The molecule has 0 saturated carbocycles. The Morgan fingerprint density at radius 1 is 0.933 bits per heavy atom. The maximum atomic E-state index is 12.6. The Morgan fingerprint density at radius 3 is 2.03 bits per heavy atom. The third-order valence-electron chi connectivity index (χ3n) is 3.32. The van der Waals surface area contributed by atoms with Crippen molar-refractivity contribution in [3.8, 4) is 0 Å². The summed E-state index contributed by atoms with van der Waals surface area (Å²) in [6.07, 6.45) is 0.286. The molecular weight excluding hydrogens is 394 g/mol. The minimum atomic E-state index is -1.28. The van der Waals surface area contributed by atoms with E-state index in [2.05, 4.69) is 16.1 Å². The first-order valence-electron chi connectivity index (χ1n) is 10.1. The summed E-state index contributed by atoms with van der Waals surface area (Å²) in [4.78, 5) is 54.0. The number of nitrogens with one attached hydrogen (secondary N) is 3. The molecule has 10 nitrogen and oxygen atoms in total. The quantitative estimate of drug-likeness (QED) is 0.274. The average Bonchev–Trinajstić information content (AvgIpc) is 2.57. The summed E-state index contributed by atoms with van der Waals surface area (Å²) >= 11 is 0. The second-order valence-corrected chi connectivity index (χ2v) is 8.89. The van der Waals surface area contributed by atoms with Crippen LogP contribution in [0.4, 0.5) is 4.79 Å². The molecule has 2 atom stereocenters. The van der Waals surface area contributed by atoms with Crippen molar-refractivity contribution in [3.05, 3.63) is 0 Å². The van der Waals surface area contributed by atoms with Crippen LogP contribution in [-0.2, 0) is 28.7 Å². The van der Waals surface area contributed by atoms with E-state index < -0.39 is 53.6 Å². The molecule has 174 valence electrons. The van der Waals surface area contributed by atoms with Gasteiger partial charge in [0.2, 0.25) is 11.8 Å². The minimum Gasteiger partial charge on any atom is -0.464 e. The molecule has 0 aliphatic rings. The molecule has 0 fully saturated rings. The molecule has 0 bridgehead atoms. The fourth-order valence-electron chi connectivity index (χ4n) is 1.91. The second kappa shape index (κ2) is 12.4. The number of hydrogen-bond donors (Lipinski definition) is 3. The van der Waals surface area contributed by atoms with Crippen molar-refractivity contribution in [1.29, 1.82) is 0 Å². The first kappa shape index (κ1) is 27.6. The van der Waals surface area contributed by atoms with E-state index in [0.717, 1.165) is 6.42 Å². The molecule has 0 unspecified atom stereocenters. The standard InChI is InChI=1S/C20H37N3O7/c1-9-10-11-28-17(26)13(2)21-16(25)14(22-18(27)29-19(3,4)5)12-15(24)23-30-20(6,7)8/h13-14H,9-12H2,1-8H3,(H,21,25)(H,22,27)(H,23,24)/t13-,14-/m0/s1. The van der Waals surface area contributed by atoms with E-state index in [1.54, 1.807) is 41.5 Å². The monoisotopic (exact) mass is 431 g/mol. The molecule has 0 aliphatic heterocycles. The van der Waals surface area contributed by atoms with Crippen LogP contribution in [-0.4, -0.2) is 53.8 Å². The smallest absolute Gasteiger partial charge is 0.408 e. The van der Waals surface area contributed by atoms with Crippen molar-refractivity contribution >= 4 is 23.9 Å². The van der Waals surface area contributed by atoms with Crippen LogP contribution >= 0.6 is 0 Å².